The lowest BCUT2D eigenvalue weighted by molar-refractivity contribution is 0.0953. The lowest BCUT2D eigenvalue weighted by Crippen LogP contribution is -2.26. The number of nitrogens with two attached hydrogens (primary N) is 1. The van der Waals surface area contributed by atoms with Crippen LogP contribution in [0.2, 0.25) is 0 Å². The van der Waals surface area contributed by atoms with Crippen molar-refractivity contribution < 1.29 is 4.79 Å². The van der Waals surface area contributed by atoms with Gasteiger partial charge in [0.05, 0.1) is 0 Å². The van der Waals surface area contributed by atoms with E-state index in [2.05, 4.69) is 47.5 Å². The smallest absolute Gasteiger partial charge is 0.251 e. The summed E-state index contributed by atoms with van der Waals surface area (Å²) in [6.45, 7) is 6.11. The van der Waals surface area contributed by atoms with Crippen LogP contribution in [0, 0.1) is 6.92 Å². The molecule has 0 radical (unpaired) electrons. The third-order valence-electron chi connectivity index (χ3n) is 4.45. The number of aryl methyl sites for hydroxylation is 1. The van der Waals surface area contributed by atoms with E-state index in [1.807, 2.05) is 12.1 Å². The summed E-state index contributed by atoms with van der Waals surface area (Å²) in [5, 5.41) is 2.91. The van der Waals surface area contributed by atoms with Gasteiger partial charge in [-0.3, -0.25) is 9.69 Å². The highest BCUT2D eigenvalue weighted by molar-refractivity contribution is 5.94. The Bertz CT molecular complexity index is 709. The van der Waals surface area contributed by atoms with Crippen molar-refractivity contribution in [3.05, 3.63) is 70.3 Å². The van der Waals surface area contributed by atoms with E-state index in [0.717, 1.165) is 31.6 Å². The molecule has 126 valence electrons. The molecule has 1 aliphatic rings. The van der Waals surface area contributed by atoms with Crippen molar-refractivity contribution in [3.63, 3.8) is 0 Å². The Morgan fingerprint density at radius 2 is 1.88 bits per heavy atom. The Hall–Kier alpha value is -2.17. The summed E-state index contributed by atoms with van der Waals surface area (Å²) in [5.74, 6) is -0.0109. The maximum atomic E-state index is 12.2. The first kappa shape index (κ1) is 16.7. The Balaban J connectivity index is 1.62. The summed E-state index contributed by atoms with van der Waals surface area (Å²) in [4.78, 5) is 14.6. The summed E-state index contributed by atoms with van der Waals surface area (Å²) >= 11 is 0. The van der Waals surface area contributed by atoms with Gasteiger partial charge in [-0.1, -0.05) is 35.9 Å². The quantitative estimate of drug-likeness (QED) is 0.803. The van der Waals surface area contributed by atoms with Crippen LogP contribution in [-0.4, -0.2) is 23.9 Å². The van der Waals surface area contributed by atoms with Gasteiger partial charge < -0.3 is 11.1 Å². The fraction of sp³-hybridized carbons (Fsp3) is 0.350. The summed E-state index contributed by atoms with van der Waals surface area (Å²) in [5.41, 5.74) is 11.4. The van der Waals surface area contributed by atoms with Crippen LogP contribution in [0.15, 0.2) is 42.5 Å². The average Bonchev–Trinajstić information content (AvgIpc) is 2.98. The van der Waals surface area contributed by atoms with Gasteiger partial charge in [0.1, 0.15) is 0 Å². The molecule has 0 aromatic heterocycles. The van der Waals surface area contributed by atoms with E-state index in [9.17, 15) is 4.79 Å². The molecule has 3 N–H and O–H groups in total. The lowest BCUT2D eigenvalue weighted by atomic mass is 10.1. The van der Waals surface area contributed by atoms with Gasteiger partial charge in [0.2, 0.25) is 0 Å². The minimum absolute atomic E-state index is 0.0109. The highest BCUT2D eigenvalue weighted by Gasteiger charge is 2.20. The first-order chi connectivity index (χ1) is 11.7. The topological polar surface area (TPSA) is 58.4 Å². The Morgan fingerprint density at radius 3 is 2.62 bits per heavy atom. The summed E-state index contributed by atoms with van der Waals surface area (Å²) in [7, 11) is 0. The summed E-state index contributed by atoms with van der Waals surface area (Å²) in [6, 6.07) is 14.7. The van der Waals surface area contributed by atoms with Gasteiger partial charge in [-0.15, -0.1) is 0 Å². The van der Waals surface area contributed by atoms with E-state index >= 15 is 0 Å². The van der Waals surface area contributed by atoms with E-state index in [-0.39, 0.29) is 5.91 Å². The fourth-order valence-corrected chi connectivity index (χ4v) is 3.08. The second-order valence-electron chi connectivity index (χ2n) is 6.51. The molecule has 0 unspecified atom stereocenters. The number of carbonyl (C=O) groups excluding carboxylic acids is 1. The molecule has 2 aromatic rings. The van der Waals surface area contributed by atoms with E-state index in [1.54, 1.807) is 0 Å². The van der Waals surface area contributed by atoms with Crippen LogP contribution in [0.1, 0.15) is 39.0 Å². The average molecular weight is 323 g/mol. The zero-order chi connectivity index (χ0) is 16.9. The molecule has 1 heterocycles. The monoisotopic (exact) mass is 323 g/mol. The van der Waals surface area contributed by atoms with Crippen molar-refractivity contribution in [2.24, 2.45) is 5.73 Å². The number of nitrogens with one attached hydrogen (secondary N) is 1. The van der Waals surface area contributed by atoms with Gasteiger partial charge in [-0.25, -0.2) is 0 Å². The van der Waals surface area contributed by atoms with Crippen LogP contribution < -0.4 is 11.1 Å². The molecule has 4 heteroatoms. The minimum atomic E-state index is -0.0109. The lowest BCUT2D eigenvalue weighted by Gasteiger charge is -2.14. The van der Waals surface area contributed by atoms with Crippen LogP contribution in [-0.2, 0) is 19.6 Å². The molecule has 3 rings (SSSR count). The Kier molecular flexibility index (Phi) is 5.28. The zero-order valence-electron chi connectivity index (χ0n) is 14.2. The SMILES string of the molecule is Cc1ccc(CN2Cc3ccc(C(=O)NCCCN)cc3C2)cc1. The highest BCUT2D eigenvalue weighted by atomic mass is 16.1. The maximum Gasteiger partial charge on any atom is 0.251 e. The standard InChI is InChI=1S/C20H25N3O/c1-15-3-5-16(6-4-15)12-23-13-18-8-7-17(11-19(18)14-23)20(24)22-10-2-9-21/h3-8,11H,2,9-10,12-14,21H2,1H3,(H,22,24). The molecule has 1 amide bonds. The molecular weight excluding hydrogens is 298 g/mol. The largest absolute Gasteiger partial charge is 0.352 e. The molecular formula is C20H25N3O. The number of fused-ring (bicyclic) bond motifs is 1. The van der Waals surface area contributed by atoms with E-state index in [1.165, 1.54) is 22.3 Å². The summed E-state index contributed by atoms with van der Waals surface area (Å²) < 4.78 is 0. The number of benzene rings is 2. The second kappa shape index (κ2) is 7.60. The van der Waals surface area contributed by atoms with Crippen molar-refractivity contribution in [1.29, 1.82) is 0 Å². The predicted molar refractivity (Wildman–Crippen MR) is 96.6 cm³/mol. The third-order valence-corrected chi connectivity index (χ3v) is 4.45. The van der Waals surface area contributed by atoms with Gasteiger partial charge in [-0.05, 0) is 48.7 Å². The molecule has 2 aromatic carbocycles. The molecule has 0 bridgehead atoms. The normalized spacial score (nSPS) is 13.8. The van der Waals surface area contributed by atoms with Crippen molar-refractivity contribution >= 4 is 5.91 Å². The number of amides is 1. The van der Waals surface area contributed by atoms with Crippen LogP contribution in [0.4, 0.5) is 0 Å². The van der Waals surface area contributed by atoms with Crippen molar-refractivity contribution in [3.8, 4) is 0 Å². The second-order valence-corrected chi connectivity index (χ2v) is 6.51. The first-order valence-electron chi connectivity index (χ1n) is 8.53. The predicted octanol–water partition coefficient (Wildman–Crippen LogP) is 2.59. The van der Waals surface area contributed by atoms with Crippen LogP contribution in [0.3, 0.4) is 0 Å². The van der Waals surface area contributed by atoms with E-state index < -0.39 is 0 Å². The van der Waals surface area contributed by atoms with Crippen LogP contribution in [0.5, 0.6) is 0 Å². The zero-order valence-corrected chi connectivity index (χ0v) is 14.2. The minimum Gasteiger partial charge on any atom is -0.352 e. The summed E-state index contributed by atoms with van der Waals surface area (Å²) in [6.07, 6.45) is 0.807. The Labute approximate surface area is 143 Å². The number of rotatable bonds is 6. The molecule has 0 saturated carbocycles. The first-order valence-corrected chi connectivity index (χ1v) is 8.53. The van der Waals surface area contributed by atoms with Gasteiger partial charge in [-0.2, -0.15) is 0 Å². The van der Waals surface area contributed by atoms with Crippen molar-refractivity contribution in [2.75, 3.05) is 13.1 Å². The highest BCUT2D eigenvalue weighted by Crippen LogP contribution is 2.25. The van der Waals surface area contributed by atoms with Gasteiger partial charge in [0, 0.05) is 31.7 Å². The van der Waals surface area contributed by atoms with Crippen LogP contribution in [0.25, 0.3) is 0 Å². The number of carbonyl (C=O) groups is 1. The molecule has 0 spiro atoms. The van der Waals surface area contributed by atoms with Gasteiger partial charge in [0.15, 0.2) is 0 Å². The molecule has 1 aliphatic heterocycles. The number of hydrogen-bond acceptors (Lipinski definition) is 3. The molecule has 0 atom stereocenters. The van der Waals surface area contributed by atoms with Crippen molar-refractivity contribution in [2.45, 2.75) is 33.0 Å². The molecule has 24 heavy (non-hydrogen) atoms. The third kappa shape index (κ3) is 4.02. The molecule has 4 nitrogen and oxygen atoms in total. The van der Waals surface area contributed by atoms with Gasteiger partial charge in [0.25, 0.3) is 5.91 Å². The maximum absolute atomic E-state index is 12.2. The van der Waals surface area contributed by atoms with E-state index in [0.29, 0.717) is 13.1 Å². The molecule has 0 fully saturated rings. The van der Waals surface area contributed by atoms with E-state index in [4.69, 9.17) is 5.73 Å². The number of nitrogens with zero attached hydrogens (tertiary/aromatic N) is 1. The fourth-order valence-electron chi connectivity index (χ4n) is 3.08. The van der Waals surface area contributed by atoms with Crippen LogP contribution >= 0.6 is 0 Å². The Morgan fingerprint density at radius 1 is 1.12 bits per heavy atom. The molecule has 0 saturated heterocycles. The van der Waals surface area contributed by atoms with Crippen molar-refractivity contribution in [1.82, 2.24) is 10.2 Å². The number of hydrogen-bond donors (Lipinski definition) is 2. The molecule has 0 aliphatic carbocycles. The van der Waals surface area contributed by atoms with Gasteiger partial charge >= 0.3 is 0 Å².